The number of benzene rings is 1. The van der Waals surface area contributed by atoms with Crippen molar-refractivity contribution in [1.29, 1.82) is 0 Å². The maximum Gasteiger partial charge on any atom is 0.408 e. The van der Waals surface area contributed by atoms with E-state index in [1.807, 2.05) is 6.92 Å². The largest absolute Gasteiger partial charge is 0.497 e. The Morgan fingerprint density at radius 2 is 1.63 bits per heavy atom. The minimum atomic E-state index is -1.45. The Morgan fingerprint density at radius 3 is 2.19 bits per heavy atom. The number of amides is 3. The number of rotatable bonds is 18. The molecular weight excluding hydrogens is 687 g/mol. The molecule has 52 heavy (non-hydrogen) atoms. The van der Waals surface area contributed by atoms with Gasteiger partial charge in [0.1, 0.15) is 29.5 Å². The Bertz CT molecular complexity index is 1340. The molecule has 3 amide bonds. The number of carbonyl (C=O) groups is 5. The second kappa shape index (κ2) is 20.0. The fraction of sp³-hybridized carbons (Fsp3) is 0.711. The van der Waals surface area contributed by atoms with Crippen molar-refractivity contribution in [2.24, 2.45) is 11.8 Å². The van der Waals surface area contributed by atoms with Gasteiger partial charge in [0.25, 0.3) is 0 Å². The van der Waals surface area contributed by atoms with Crippen molar-refractivity contribution in [1.82, 2.24) is 15.1 Å². The first-order chi connectivity index (χ1) is 24.1. The summed E-state index contributed by atoms with van der Waals surface area (Å²) in [5.41, 5.74) is -0.147. The highest BCUT2D eigenvalue weighted by atomic mass is 28.3. The second-order valence-corrected chi connectivity index (χ2v) is 21.9. The van der Waals surface area contributed by atoms with Gasteiger partial charge in [-0.05, 0) is 76.6 Å². The van der Waals surface area contributed by atoms with Crippen LogP contribution < -0.4 is 10.1 Å². The lowest BCUT2D eigenvalue weighted by atomic mass is 9.97. The number of likely N-dealkylation sites (N-methyl/N-ethyl adjacent to an activating group) is 1. The Balaban J connectivity index is 2.35. The summed E-state index contributed by atoms with van der Waals surface area (Å²) in [6.45, 7) is 19.6. The van der Waals surface area contributed by atoms with Gasteiger partial charge in [-0.15, -0.1) is 0 Å². The Hall–Kier alpha value is -3.65. The molecule has 294 valence electrons. The lowest BCUT2D eigenvalue weighted by Crippen LogP contribution is -2.55. The van der Waals surface area contributed by atoms with Gasteiger partial charge in [-0.25, -0.2) is 14.4 Å². The number of hydrogen-bond donors (Lipinski definition) is 1. The second-order valence-electron chi connectivity index (χ2n) is 16.3. The van der Waals surface area contributed by atoms with Crippen LogP contribution in [0.4, 0.5) is 4.79 Å². The number of nitrogens with zero attached hydrogens (tertiary/aromatic N) is 2. The minimum Gasteiger partial charge on any atom is -0.497 e. The smallest absolute Gasteiger partial charge is 0.408 e. The third-order valence-corrected chi connectivity index (χ3v) is 10.4. The van der Waals surface area contributed by atoms with Gasteiger partial charge >= 0.3 is 18.0 Å². The maximum absolute atomic E-state index is 14.1. The van der Waals surface area contributed by atoms with Crippen molar-refractivity contribution in [2.75, 3.05) is 34.1 Å². The molecule has 1 aromatic carbocycles. The summed E-state index contributed by atoms with van der Waals surface area (Å²) in [4.78, 5) is 70.7. The number of alkyl carbamates (subject to hydrolysis) is 1. The van der Waals surface area contributed by atoms with Gasteiger partial charge < -0.3 is 38.8 Å². The van der Waals surface area contributed by atoms with Crippen LogP contribution >= 0.6 is 0 Å². The molecule has 14 heteroatoms. The summed E-state index contributed by atoms with van der Waals surface area (Å²) in [6.07, 6.45) is -0.243. The first-order valence-corrected chi connectivity index (χ1v) is 22.0. The van der Waals surface area contributed by atoms with Crippen molar-refractivity contribution < 1.29 is 47.7 Å². The number of methoxy groups -OCH3 is 1. The third kappa shape index (κ3) is 14.8. The Kier molecular flexibility index (Phi) is 17.1. The van der Waals surface area contributed by atoms with Crippen LogP contribution in [-0.2, 0) is 44.5 Å². The maximum atomic E-state index is 14.1. The Labute approximate surface area is 311 Å². The molecule has 0 radical (unpaired) electrons. The molecule has 1 N–H and O–H groups in total. The molecule has 0 aliphatic carbocycles. The van der Waals surface area contributed by atoms with E-state index in [0.29, 0.717) is 44.1 Å². The standard InChI is InChI=1S/C38H63N3O10Si/c1-25(2)22-26(3)33(42)41-19-13-14-30(41)34(43)40(8)31(23-28-15-17-29(47-9)18-16-28)35(44)50-27(4)32(39-37(46)51-38(5,6)7)36(45)49-24-48-20-21-52(10,11)12/h15-18,25-27,30-32H,13-14,19-24H2,1-12H3,(H,39,46)/t26-,27+,30-,31-,32-/m0/s1. The van der Waals surface area contributed by atoms with Gasteiger partial charge in [0.2, 0.25) is 11.8 Å². The summed E-state index contributed by atoms with van der Waals surface area (Å²) in [7, 11) is 1.69. The summed E-state index contributed by atoms with van der Waals surface area (Å²) >= 11 is 0. The number of hydrogen-bond acceptors (Lipinski definition) is 10. The minimum absolute atomic E-state index is 0.0712. The van der Waals surface area contributed by atoms with Crippen LogP contribution in [0.2, 0.25) is 25.7 Å². The van der Waals surface area contributed by atoms with E-state index in [0.717, 1.165) is 11.6 Å². The van der Waals surface area contributed by atoms with E-state index < -0.39 is 55.9 Å². The summed E-state index contributed by atoms with van der Waals surface area (Å²) in [6, 6.07) is 4.61. The molecule has 1 aliphatic rings. The van der Waals surface area contributed by atoms with Gasteiger partial charge in [0.05, 0.1) is 7.11 Å². The average Bonchev–Trinajstić information content (AvgIpc) is 3.53. The van der Waals surface area contributed by atoms with Crippen LogP contribution in [-0.4, -0.2) is 112 Å². The van der Waals surface area contributed by atoms with E-state index in [1.165, 1.54) is 18.9 Å². The van der Waals surface area contributed by atoms with E-state index in [4.69, 9.17) is 23.7 Å². The predicted molar refractivity (Wildman–Crippen MR) is 200 cm³/mol. The van der Waals surface area contributed by atoms with Crippen LogP contribution in [0.5, 0.6) is 5.75 Å². The molecule has 0 bridgehead atoms. The van der Waals surface area contributed by atoms with E-state index in [-0.39, 0.29) is 30.9 Å². The van der Waals surface area contributed by atoms with Gasteiger partial charge in [0.15, 0.2) is 12.8 Å². The van der Waals surface area contributed by atoms with Gasteiger partial charge in [-0.1, -0.05) is 52.5 Å². The van der Waals surface area contributed by atoms with Crippen molar-refractivity contribution in [2.45, 2.75) is 130 Å². The van der Waals surface area contributed by atoms with Crippen LogP contribution in [0.3, 0.4) is 0 Å². The highest BCUT2D eigenvalue weighted by molar-refractivity contribution is 6.76. The molecule has 0 unspecified atom stereocenters. The number of likely N-dealkylation sites (tertiary alicyclic amines) is 1. The lowest BCUT2D eigenvalue weighted by molar-refractivity contribution is -0.169. The molecule has 2 rings (SSSR count). The van der Waals surface area contributed by atoms with E-state index in [1.54, 1.807) is 57.0 Å². The SMILES string of the molecule is COc1ccc(C[C@@H](C(=O)O[C@H](C)[C@H](NC(=O)OC(C)(C)C)C(=O)OCOCC[Si](C)(C)C)N(C)C(=O)[C@@H]2CCCN2C(=O)[C@@H](C)CC(C)C)cc1. The van der Waals surface area contributed by atoms with Crippen molar-refractivity contribution >= 4 is 37.9 Å². The number of carbonyl (C=O) groups excluding carboxylic acids is 5. The Morgan fingerprint density at radius 1 is 1.00 bits per heavy atom. The molecule has 1 saturated heterocycles. The van der Waals surface area contributed by atoms with Gasteiger partial charge in [-0.3, -0.25) is 9.59 Å². The molecule has 13 nitrogen and oxygen atoms in total. The topological polar surface area (TPSA) is 150 Å². The van der Waals surface area contributed by atoms with E-state index in [2.05, 4.69) is 38.8 Å². The highest BCUT2D eigenvalue weighted by Crippen LogP contribution is 2.26. The van der Waals surface area contributed by atoms with Crippen LogP contribution in [0.1, 0.15) is 73.3 Å². The van der Waals surface area contributed by atoms with Crippen molar-refractivity contribution in [3.8, 4) is 5.75 Å². The predicted octanol–water partition coefficient (Wildman–Crippen LogP) is 5.42. The van der Waals surface area contributed by atoms with Gasteiger partial charge in [0, 0.05) is 40.6 Å². The van der Waals surface area contributed by atoms with Crippen molar-refractivity contribution in [3.05, 3.63) is 29.8 Å². The molecule has 1 aliphatic heterocycles. The summed E-state index contributed by atoms with van der Waals surface area (Å²) < 4.78 is 27.4. The van der Waals surface area contributed by atoms with Gasteiger partial charge in [-0.2, -0.15) is 0 Å². The third-order valence-electron chi connectivity index (χ3n) is 8.72. The molecule has 1 aromatic rings. The van der Waals surface area contributed by atoms with Crippen LogP contribution in [0.25, 0.3) is 0 Å². The zero-order valence-electron chi connectivity index (χ0n) is 33.4. The van der Waals surface area contributed by atoms with Crippen molar-refractivity contribution in [3.63, 3.8) is 0 Å². The highest BCUT2D eigenvalue weighted by Gasteiger charge is 2.42. The van der Waals surface area contributed by atoms with Crippen LogP contribution in [0, 0.1) is 11.8 Å². The summed E-state index contributed by atoms with van der Waals surface area (Å²) in [5.74, 6) is -1.47. The molecule has 0 saturated carbocycles. The summed E-state index contributed by atoms with van der Waals surface area (Å²) in [5, 5.41) is 2.48. The number of esters is 2. The molecule has 0 spiro atoms. The quantitative estimate of drug-likeness (QED) is 0.0678. The lowest BCUT2D eigenvalue weighted by Gasteiger charge is -2.34. The van der Waals surface area contributed by atoms with E-state index in [9.17, 15) is 24.0 Å². The molecular formula is C38H63N3O10Si. The fourth-order valence-corrected chi connectivity index (χ4v) is 6.65. The zero-order valence-corrected chi connectivity index (χ0v) is 34.4. The normalized spacial score (nSPS) is 17.1. The van der Waals surface area contributed by atoms with Crippen LogP contribution in [0.15, 0.2) is 24.3 Å². The first kappa shape index (κ1) is 44.5. The number of ether oxygens (including phenoxy) is 5. The average molecular weight is 750 g/mol. The van der Waals surface area contributed by atoms with E-state index >= 15 is 0 Å². The molecule has 0 aromatic heterocycles. The molecule has 1 fully saturated rings. The molecule has 5 atom stereocenters. The number of nitrogens with one attached hydrogen (secondary N) is 1. The monoisotopic (exact) mass is 749 g/mol. The fourth-order valence-electron chi connectivity index (χ4n) is 5.89. The molecule has 1 heterocycles. The zero-order chi connectivity index (χ0) is 39.4. The first-order valence-electron chi connectivity index (χ1n) is 18.3.